The van der Waals surface area contributed by atoms with Gasteiger partial charge in [0, 0.05) is 37.7 Å². The predicted octanol–water partition coefficient (Wildman–Crippen LogP) is 7.50. The molecule has 0 amide bonds. The molecule has 0 aromatic heterocycles. The molecular weight excluding hydrogens is 777 g/mol. The molecule has 0 aliphatic carbocycles. The molecule has 0 radical (unpaired) electrons. The van der Waals surface area contributed by atoms with Gasteiger partial charge in [-0.2, -0.15) is 0 Å². The van der Waals surface area contributed by atoms with E-state index >= 15 is 0 Å². The van der Waals surface area contributed by atoms with Crippen LogP contribution in [0.15, 0.2) is 108 Å². The molecule has 0 aromatic rings. The molecule has 0 saturated carbocycles. The first-order valence-electron chi connectivity index (χ1n) is 21.9. The highest BCUT2D eigenvalue weighted by molar-refractivity contribution is 5.70. The van der Waals surface area contributed by atoms with Gasteiger partial charge in [-0.1, -0.05) is 136 Å². The van der Waals surface area contributed by atoms with E-state index < -0.39 is 72.9 Å². The second kappa shape index (κ2) is 32.1. The second-order valence-corrected chi connectivity index (χ2v) is 16.6. The molecule has 1 heterocycles. The van der Waals surface area contributed by atoms with E-state index in [1.807, 2.05) is 106 Å². The molecule has 6 N–H and O–H groups in total. The van der Waals surface area contributed by atoms with Crippen LogP contribution in [-0.2, 0) is 23.8 Å². The lowest BCUT2D eigenvalue weighted by atomic mass is 9.81. The van der Waals surface area contributed by atoms with Crippen LogP contribution in [0.25, 0.3) is 0 Å². The summed E-state index contributed by atoms with van der Waals surface area (Å²) in [6.45, 7) is 10.8. The molecule has 11 heteroatoms. The van der Waals surface area contributed by atoms with E-state index in [0.717, 1.165) is 17.6 Å². The predicted molar refractivity (Wildman–Crippen MR) is 243 cm³/mol. The summed E-state index contributed by atoms with van der Waals surface area (Å²) in [5.74, 6) is -3.04. The summed E-state index contributed by atoms with van der Waals surface area (Å²) in [7, 11) is 3.02. The Bertz CT molecular complexity index is 1520. The van der Waals surface area contributed by atoms with Gasteiger partial charge in [-0.25, -0.2) is 0 Å². The van der Waals surface area contributed by atoms with Gasteiger partial charge in [-0.15, -0.1) is 0 Å². The molecule has 1 rings (SSSR count). The van der Waals surface area contributed by atoms with Gasteiger partial charge in [0.25, 0.3) is 0 Å². The van der Waals surface area contributed by atoms with Crippen molar-refractivity contribution in [3.8, 4) is 0 Å². The Hall–Kier alpha value is -3.68. The highest BCUT2D eigenvalue weighted by Crippen LogP contribution is 2.28. The lowest BCUT2D eigenvalue weighted by Gasteiger charge is -2.33. The minimum Gasteiger partial charge on any atom is -0.469 e. The molecule has 0 aromatic carbocycles. The fraction of sp³-hybridized carbons (Fsp3) is 0.600. The van der Waals surface area contributed by atoms with Crippen molar-refractivity contribution < 1.29 is 54.4 Å². The first kappa shape index (κ1) is 55.3. The molecule has 0 spiro atoms. The van der Waals surface area contributed by atoms with Gasteiger partial charge < -0.3 is 44.8 Å². The van der Waals surface area contributed by atoms with Gasteiger partial charge in [-0.05, 0) is 64.7 Å². The minimum absolute atomic E-state index is 0.0367. The van der Waals surface area contributed by atoms with E-state index in [1.165, 1.54) is 7.11 Å². The molecular formula is C50H78O11. The number of ether oxygens (including phenoxy) is 3. The Labute approximate surface area is 366 Å². The van der Waals surface area contributed by atoms with E-state index in [-0.39, 0.29) is 30.8 Å². The van der Waals surface area contributed by atoms with Crippen LogP contribution in [0.3, 0.4) is 0 Å². The second-order valence-electron chi connectivity index (χ2n) is 16.6. The summed E-state index contributed by atoms with van der Waals surface area (Å²) in [6.07, 6.45) is 27.4. The van der Waals surface area contributed by atoms with Gasteiger partial charge in [0.1, 0.15) is 6.10 Å². The number of hydrogen-bond donors (Lipinski definition) is 6. The van der Waals surface area contributed by atoms with Crippen molar-refractivity contribution in [3.63, 3.8) is 0 Å². The van der Waals surface area contributed by atoms with Crippen LogP contribution in [0.4, 0.5) is 0 Å². The van der Waals surface area contributed by atoms with Crippen molar-refractivity contribution in [3.05, 3.63) is 108 Å². The molecule has 1 aliphatic heterocycles. The maximum absolute atomic E-state index is 13.3. The molecule has 12 atom stereocenters. The van der Waals surface area contributed by atoms with Gasteiger partial charge in [-0.3, -0.25) is 9.59 Å². The summed E-state index contributed by atoms with van der Waals surface area (Å²) in [5.41, 5.74) is 1.71. The number of rotatable bonds is 15. The number of allylic oxidation sites excluding steroid dienone is 14. The third-order valence-electron chi connectivity index (χ3n) is 11.3. The monoisotopic (exact) mass is 855 g/mol. The summed E-state index contributed by atoms with van der Waals surface area (Å²) >= 11 is 0. The first-order valence-corrected chi connectivity index (χ1v) is 21.9. The summed E-state index contributed by atoms with van der Waals surface area (Å²) in [5, 5.41) is 65.6. The topological polar surface area (TPSA) is 183 Å². The number of esters is 2. The largest absolute Gasteiger partial charge is 0.469 e. The van der Waals surface area contributed by atoms with Crippen molar-refractivity contribution >= 4 is 11.9 Å². The normalized spacial score (nSPS) is 30.6. The van der Waals surface area contributed by atoms with Crippen molar-refractivity contribution in [2.24, 2.45) is 23.7 Å². The fourth-order valence-electron chi connectivity index (χ4n) is 6.96. The number of aliphatic hydroxyl groups excluding tert-OH is 6. The number of cyclic esters (lactones) is 1. The van der Waals surface area contributed by atoms with E-state index in [4.69, 9.17) is 9.47 Å². The third-order valence-corrected chi connectivity index (χ3v) is 11.3. The number of carbonyl (C=O) groups excluding carboxylic acids is 2. The molecule has 11 nitrogen and oxygen atoms in total. The first-order chi connectivity index (χ1) is 29.0. The highest BCUT2D eigenvalue weighted by Gasteiger charge is 2.35. The standard InChI is InChI=1S/C50H78O11/c1-35(23-18-14-12-10-9-11-13-15-20-25-41(51)31-36(2)29-30-47(55)60-8)32-44(53)38(4)46-33-42(52)26-22-28-43(59-7)27-21-17-16-19-24-37(3)49(57)40(6)50(58)39(5)45(54)34-48(56)61-46/h9-21,23,31-32,37-46,49-54,57-58H,22,24-30,33-34H2,1-8H3/b10-9+,13-11+,14-12+,19-16-,20-15?,21-17-,23-18+,35-32+,36-31+/t37-,38+,39+,40-,41-,42+,43+,44+,45+,46-,49+,50-/m0/s1. The summed E-state index contributed by atoms with van der Waals surface area (Å²) < 4.78 is 16.2. The van der Waals surface area contributed by atoms with Crippen LogP contribution in [0, 0.1) is 23.7 Å². The third kappa shape index (κ3) is 24.5. The zero-order chi connectivity index (χ0) is 45.7. The smallest absolute Gasteiger partial charge is 0.308 e. The van der Waals surface area contributed by atoms with Gasteiger partial charge in [0.05, 0.1) is 56.3 Å². The van der Waals surface area contributed by atoms with Crippen molar-refractivity contribution in [2.75, 3.05) is 14.2 Å². The van der Waals surface area contributed by atoms with Crippen molar-refractivity contribution in [1.82, 2.24) is 0 Å². The number of hydrogen-bond acceptors (Lipinski definition) is 11. The van der Waals surface area contributed by atoms with Crippen molar-refractivity contribution in [2.45, 2.75) is 155 Å². The number of carbonyl (C=O) groups is 2. The molecule has 61 heavy (non-hydrogen) atoms. The maximum Gasteiger partial charge on any atom is 0.308 e. The molecule has 0 unspecified atom stereocenters. The summed E-state index contributed by atoms with van der Waals surface area (Å²) in [4.78, 5) is 24.5. The lowest BCUT2D eigenvalue weighted by molar-refractivity contribution is -0.159. The minimum atomic E-state index is -1.25. The lowest BCUT2D eigenvalue weighted by Crippen LogP contribution is -2.42. The Balaban J connectivity index is 2.96. The highest BCUT2D eigenvalue weighted by atomic mass is 16.5. The molecule has 344 valence electrons. The van der Waals surface area contributed by atoms with Crippen LogP contribution in [0.5, 0.6) is 0 Å². The van der Waals surface area contributed by atoms with Gasteiger partial charge >= 0.3 is 11.9 Å². The fourth-order valence-corrected chi connectivity index (χ4v) is 6.96. The molecule has 0 fully saturated rings. The van der Waals surface area contributed by atoms with E-state index in [9.17, 15) is 40.2 Å². The van der Waals surface area contributed by atoms with Crippen LogP contribution >= 0.6 is 0 Å². The maximum atomic E-state index is 13.3. The van der Waals surface area contributed by atoms with Crippen molar-refractivity contribution in [1.29, 1.82) is 0 Å². The number of methoxy groups -OCH3 is 2. The Morgan fingerprint density at radius 2 is 1.46 bits per heavy atom. The zero-order valence-corrected chi connectivity index (χ0v) is 38.0. The zero-order valence-electron chi connectivity index (χ0n) is 38.0. The Morgan fingerprint density at radius 3 is 2.10 bits per heavy atom. The van der Waals surface area contributed by atoms with E-state index in [2.05, 4.69) is 4.74 Å². The summed E-state index contributed by atoms with van der Waals surface area (Å²) in [6, 6.07) is 0. The van der Waals surface area contributed by atoms with Gasteiger partial charge in [0.2, 0.25) is 0 Å². The quantitative estimate of drug-likeness (QED) is 0.0545. The number of aliphatic hydroxyl groups is 6. The van der Waals surface area contributed by atoms with Crippen LogP contribution in [0.1, 0.15) is 106 Å². The molecule has 0 bridgehead atoms. The Morgan fingerprint density at radius 1 is 0.836 bits per heavy atom. The van der Waals surface area contributed by atoms with E-state index in [0.29, 0.717) is 38.5 Å². The SMILES string of the molecule is COC(=O)CC/C(C)=C/[C@@H](O)CC=C/C=C/C=C/C=C/C=C/C(C)=C/[C@@H](O)[C@@H](C)[C@@H]1C[C@H](O)CCC[C@H](OC)C/C=C\C=C/C[C@H](C)[C@@H](O)[C@H](C)[C@@H](O)[C@H](C)[C@H](O)CC(=O)O1. The Kier molecular flexibility index (Phi) is 29.1. The van der Waals surface area contributed by atoms with Crippen LogP contribution in [-0.4, -0.2) is 106 Å². The average molecular weight is 855 g/mol. The van der Waals surface area contributed by atoms with Gasteiger partial charge in [0.15, 0.2) is 0 Å². The van der Waals surface area contributed by atoms with Crippen LogP contribution < -0.4 is 0 Å². The molecule has 1 aliphatic rings. The van der Waals surface area contributed by atoms with E-state index in [1.54, 1.807) is 40.0 Å². The average Bonchev–Trinajstić information content (AvgIpc) is 3.22. The molecule has 0 saturated heterocycles. The van der Waals surface area contributed by atoms with Crippen LogP contribution in [0.2, 0.25) is 0 Å².